The summed E-state index contributed by atoms with van der Waals surface area (Å²) in [6.45, 7) is 0.438. The Hall–Kier alpha value is -1.21. The molecule has 1 aliphatic heterocycles. The highest BCUT2D eigenvalue weighted by molar-refractivity contribution is 5.26. The third-order valence-corrected chi connectivity index (χ3v) is 2.73. The topological polar surface area (TPSA) is 48.1 Å². The first-order valence-electron chi connectivity index (χ1n) is 4.93. The molecule has 0 spiro atoms. The summed E-state index contributed by atoms with van der Waals surface area (Å²) in [4.78, 5) is 3.20. The van der Waals surface area contributed by atoms with E-state index in [0.29, 0.717) is 19.1 Å². The van der Waals surface area contributed by atoms with Gasteiger partial charge < -0.3 is 10.5 Å². The number of rotatable bonds is 1. The summed E-state index contributed by atoms with van der Waals surface area (Å²) in [5, 5.41) is 0. The maximum Gasteiger partial charge on any atom is 0.433 e. The van der Waals surface area contributed by atoms with Gasteiger partial charge in [0.2, 0.25) is 0 Å². The van der Waals surface area contributed by atoms with Gasteiger partial charge in [-0.1, -0.05) is 0 Å². The van der Waals surface area contributed by atoms with Gasteiger partial charge in [0.15, 0.2) is 0 Å². The van der Waals surface area contributed by atoms with Crippen molar-refractivity contribution in [3.05, 3.63) is 29.3 Å². The molecule has 94 valence electrons. The van der Waals surface area contributed by atoms with E-state index in [1.807, 2.05) is 0 Å². The zero-order chi connectivity index (χ0) is 12.7. The highest BCUT2D eigenvalue weighted by Gasteiger charge is 2.38. The van der Waals surface area contributed by atoms with E-state index in [9.17, 15) is 17.6 Å². The lowest BCUT2D eigenvalue weighted by atomic mass is 9.91. The van der Waals surface area contributed by atoms with Crippen molar-refractivity contribution >= 4 is 0 Å². The molecule has 0 radical (unpaired) electrons. The van der Waals surface area contributed by atoms with Crippen LogP contribution >= 0.6 is 0 Å². The normalized spacial score (nSPS) is 25.2. The van der Waals surface area contributed by atoms with Crippen LogP contribution in [0.3, 0.4) is 0 Å². The van der Waals surface area contributed by atoms with Gasteiger partial charge >= 0.3 is 6.18 Å². The van der Waals surface area contributed by atoms with Crippen LogP contribution in [-0.4, -0.2) is 18.2 Å². The highest BCUT2D eigenvalue weighted by atomic mass is 19.4. The third kappa shape index (κ3) is 2.25. The Balaban J connectivity index is 2.38. The van der Waals surface area contributed by atoms with E-state index >= 15 is 0 Å². The highest BCUT2D eigenvalue weighted by Crippen LogP contribution is 2.33. The molecule has 1 aromatic rings. The Morgan fingerprint density at radius 3 is 2.59 bits per heavy atom. The molecule has 1 atom stereocenters. The maximum absolute atomic E-state index is 13.6. The quantitative estimate of drug-likeness (QED) is 0.773. The minimum atomic E-state index is -4.66. The predicted octanol–water partition coefficient (Wildman–Crippen LogP) is 1.81. The molecule has 2 N–H and O–H groups in total. The molecule has 0 amide bonds. The second-order valence-electron chi connectivity index (χ2n) is 4.01. The Bertz CT molecular complexity index is 427. The molecule has 7 heteroatoms. The number of hydrogen-bond donors (Lipinski definition) is 1. The summed E-state index contributed by atoms with van der Waals surface area (Å²) < 4.78 is 55.5. The van der Waals surface area contributed by atoms with E-state index in [1.54, 1.807) is 0 Å². The summed E-state index contributed by atoms with van der Waals surface area (Å²) in [5.41, 5.74) is 3.47. The molecule has 1 saturated heterocycles. The molecular formula is C10H10F4N2O. The van der Waals surface area contributed by atoms with Crippen LogP contribution in [0.2, 0.25) is 0 Å². The van der Waals surface area contributed by atoms with Crippen molar-refractivity contribution in [2.24, 2.45) is 5.73 Å². The average molecular weight is 250 g/mol. The molecule has 0 saturated carbocycles. The predicted molar refractivity (Wildman–Crippen MR) is 50.5 cm³/mol. The first-order valence-corrected chi connectivity index (χ1v) is 4.93. The smallest absolute Gasteiger partial charge is 0.379 e. The van der Waals surface area contributed by atoms with E-state index < -0.39 is 23.2 Å². The van der Waals surface area contributed by atoms with Gasteiger partial charge in [0.05, 0.1) is 12.1 Å². The number of pyridine rings is 1. The summed E-state index contributed by atoms with van der Waals surface area (Å²) in [6, 6.07) is 0.363. The molecule has 0 aromatic carbocycles. The van der Waals surface area contributed by atoms with Crippen LogP contribution in [0.25, 0.3) is 0 Å². The summed E-state index contributed by atoms with van der Waals surface area (Å²) in [5.74, 6) is -1.000. The molecular weight excluding hydrogens is 240 g/mol. The summed E-state index contributed by atoms with van der Waals surface area (Å²) in [7, 11) is 0. The van der Waals surface area contributed by atoms with E-state index in [-0.39, 0.29) is 12.2 Å². The average Bonchev–Trinajstić information content (AvgIpc) is 2.64. The molecule has 3 nitrogen and oxygen atoms in total. The number of ether oxygens (including phenoxy) is 1. The fraction of sp³-hybridized carbons (Fsp3) is 0.500. The van der Waals surface area contributed by atoms with Crippen LogP contribution in [0.4, 0.5) is 17.6 Å². The van der Waals surface area contributed by atoms with Gasteiger partial charge in [-0.05, 0) is 6.42 Å². The second-order valence-corrected chi connectivity index (χ2v) is 4.01. The fourth-order valence-corrected chi connectivity index (χ4v) is 1.75. The monoisotopic (exact) mass is 250 g/mol. The number of hydrogen-bond acceptors (Lipinski definition) is 3. The second kappa shape index (κ2) is 3.92. The Morgan fingerprint density at radius 1 is 1.41 bits per heavy atom. The van der Waals surface area contributed by atoms with Gasteiger partial charge in [-0.2, -0.15) is 13.2 Å². The zero-order valence-electron chi connectivity index (χ0n) is 8.72. The van der Waals surface area contributed by atoms with Crippen LogP contribution in [0, 0.1) is 5.82 Å². The third-order valence-electron chi connectivity index (χ3n) is 2.73. The van der Waals surface area contributed by atoms with E-state index in [4.69, 9.17) is 10.5 Å². The van der Waals surface area contributed by atoms with Crippen LogP contribution in [0.5, 0.6) is 0 Å². The van der Waals surface area contributed by atoms with Gasteiger partial charge in [0.25, 0.3) is 0 Å². The van der Waals surface area contributed by atoms with Gasteiger partial charge in [-0.3, -0.25) is 4.98 Å². The van der Waals surface area contributed by atoms with Gasteiger partial charge in [-0.15, -0.1) is 0 Å². The van der Waals surface area contributed by atoms with E-state index in [0.717, 1.165) is 6.20 Å². The fourth-order valence-electron chi connectivity index (χ4n) is 1.75. The number of nitrogens with zero attached hydrogens (tertiary/aromatic N) is 1. The largest absolute Gasteiger partial charge is 0.433 e. The SMILES string of the molecule is NC1(c2cnc(C(F)(F)F)cc2F)CCOC1. The van der Waals surface area contributed by atoms with E-state index in [2.05, 4.69) is 4.98 Å². The first-order chi connectivity index (χ1) is 7.83. The summed E-state index contributed by atoms with van der Waals surface area (Å²) in [6.07, 6.45) is -3.46. The van der Waals surface area contributed by atoms with Crippen molar-refractivity contribution in [1.82, 2.24) is 4.98 Å². The molecule has 17 heavy (non-hydrogen) atoms. The summed E-state index contributed by atoms with van der Waals surface area (Å²) >= 11 is 0. The maximum atomic E-state index is 13.6. The zero-order valence-corrected chi connectivity index (χ0v) is 8.72. The van der Waals surface area contributed by atoms with Crippen molar-refractivity contribution in [3.63, 3.8) is 0 Å². The molecule has 2 rings (SSSR count). The molecule has 2 heterocycles. The minimum absolute atomic E-state index is 0.0389. The lowest BCUT2D eigenvalue weighted by Gasteiger charge is -2.22. The molecule has 0 bridgehead atoms. The van der Waals surface area contributed by atoms with Gasteiger partial charge in [0, 0.05) is 24.4 Å². The van der Waals surface area contributed by atoms with Gasteiger partial charge in [0.1, 0.15) is 11.5 Å². The lowest BCUT2D eigenvalue weighted by molar-refractivity contribution is -0.141. The lowest BCUT2D eigenvalue weighted by Crippen LogP contribution is -2.38. The molecule has 1 unspecified atom stereocenters. The Labute approximate surface area is 94.6 Å². The Kier molecular flexibility index (Phi) is 2.82. The van der Waals surface area contributed by atoms with Crippen LogP contribution < -0.4 is 5.73 Å². The van der Waals surface area contributed by atoms with Crippen molar-refractivity contribution < 1.29 is 22.3 Å². The van der Waals surface area contributed by atoms with Crippen molar-refractivity contribution in [1.29, 1.82) is 0 Å². The van der Waals surface area contributed by atoms with Crippen LogP contribution in [0.1, 0.15) is 17.7 Å². The molecule has 1 aliphatic rings. The standard InChI is InChI=1S/C10H10F4N2O/c11-7-3-8(10(12,13)14)16-4-6(7)9(15)1-2-17-5-9/h3-4H,1-2,5,15H2. The molecule has 1 fully saturated rings. The van der Waals surface area contributed by atoms with Crippen LogP contribution in [0.15, 0.2) is 12.3 Å². The molecule has 1 aromatic heterocycles. The number of alkyl halides is 3. The molecule has 0 aliphatic carbocycles. The van der Waals surface area contributed by atoms with Crippen molar-refractivity contribution in [2.45, 2.75) is 18.1 Å². The number of aromatic nitrogens is 1. The number of nitrogens with two attached hydrogens (primary N) is 1. The Morgan fingerprint density at radius 2 is 2.12 bits per heavy atom. The number of halogens is 4. The van der Waals surface area contributed by atoms with Gasteiger partial charge in [-0.25, -0.2) is 4.39 Å². The first kappa shape index (κ1) is 12.3. The van der Waals surface area contributed by atoms with Crippen molar-refractivity contribution in [3.8, 4) is 0 Å². The van der Waals surface area contributed by atoms with Crippen molar-refractivity contribution in [2.75, 3.05) is 13.2 Å². The minimum Gasteiger partial charge on any atom is -0.379 e. The van der Waals surface area contributed by atoms with Crippen LogP contribution in [-0.2, 0) is 16.5 Å². The van der Waals surface area contributed by atoms with E-state index in [1.165, 1.54) is 0 Å².